The molecule has 8 heteroatoms. The topological polar surface area (TPSA) is 59.1 Å². The molecule has 0 aromatic heterocycles. The van der Waals surface area contributed by atoms with Gasteiger partial charge in [-0.1, -0.05) is 24.4 Å². The summed E-state index contributed by atoms with van der Waals surface area (Å²) in [7, 11) is 2.48. The van der Waals surface area contributed by atoms with Crippen molar-refractivity contribution in [3.63, 3.8) is 0 Å². The van der Waals surface area contributed by atoms with Crippen LogP contribution in [-0.4, -0.2) is 72.1 Å². The summed E-state index contributed by atoms with van der Waals surface area (Å²) < 4.78 is 9.70. The van der Waals surface area contributed by atoms with E-state index in [2.05, 4.69) is 0 Å². The van der Waals surface area contributed by atoms with Crippen LogP contribution in [0, 0.1) is 0 Å². The molecule has 0 aliphatic rings. The van der Waals surface area contributed by atoms with Crippen LogP contribution in [0.4, 0.5) is 0 Å². The first kappa shape index (κ1) is 22.5. The second-order valence-electron chi connectivity index (χ2n) is 4.69. The first-order chi connectivity index (χ1) is 11.3. The first-order valence-corrected chi connectivity index (χ1v) is 8.65. The number of esters is 2. The highest BCUT2D eigenvalue weighted by Crippen LogP contribution is 2.18. The van der Waals surface area contributed by atoms with Crippen molar-refractivity contribution in [2.24, 2.45) is 0 Å². The maximum Gasteiger partial charge on any atom is 0.341 e. The highest BCUT2D eigenvalue weighted by molar-refractivity contribution is 7.81. The number of methoxy groups -OCH3 is 2. The van der Waals surface area contributed by atoms with Gasteiger partial charge < -0.3 is 19.3 Å². The van der Waals surface area contributed by atoms with Gasteiger partial charge in [-0.15, -0.1) is 0 Å². The molecule has 24 heavy (non-hydrogen) atoms. The average Bonchev–Trinajstić information content (AvgIpc) is 2.59. The molecule has 0 radical (unpaired) electrons. The monoisotopic (exact) mass is 374 g/mol. The molecule has 0 aromatic rings. The zero-order valence-corrected chi connectivity index (χ0v) is 16.8. The molecule has 0 aliphatic heterocycles. The second kappa shape index (κ2) is 11.1. The fourth-order valence-electron chi connectivity index (χ4n) is 2.13. The number of thiocarbonyl (C=S) groups is 2. The van der Waals surface area contributed by atoms with Crippen LogP contribution >= 0.6 is 24.4 Å². The van der Waals surface area contributed by atoms with Gasteiger partial charge in [-0.05, 0) is 27.7 Å². The molecule has 0 heterocycles. The smallest absolute Gasteiger partial charge is 0.341 e. The summed E-state index contributed by atoms with van der Waals surface area (Å²) in [4.78, 5) is 28.8. The molecular weight excluding hydrogens is 348 g/mol. The van der Waals surface area contributed by atoms with Crippen LogP contribution in [-0.2, 0) is 19.1 Å². The number of carbonyl (C=O) groups excluding carboxylic acids is 2. The van der Waals surface area contributed by atoms with Crippen LogP contribution in [0.3, 0.4) is 0 Å². The molecule has 0 bridgehead atoms. The Bertz CT molecular complexity index is 478. The van der Waals surface area contributed by atoms with E-state index in [-0.39, 0.29) is 21.1 Å². The predicted octanol–water partition coefficient (Wildman–Crippen LogP) is 1.97. The predicted molar refractivity (Wildman–Crippen MR) is 102 cm³/mol. The van der Waals surface area contributed by atoms with Gasteiger partial charge in [0.2, 0.25) is 0 Å². The van der Waals surface area contributed by atoms with E-state index in [1.165, 1.54) is 14.2 Å². The Balaban J connectivity index is 6.47. The molecule has 0 atom stereocenters. The summed E-state index contributed by atoms with van der Waals surface area (Å²) in [5, 5.41) is 0. The highest BCUT2D eigenvalue weighted by atomic mass is 32.1. The number of rotatable bonds is 8. The van der Waals surface area contributed by atoms with Crippen molar-refractivity contribution in [2.75, 3.05) is 40.4 Å². The van der Waals surface area contributed by atoms with Gasteiger partial charge >= 0.3 is 11.9 Å². The van der Waals surface area contributed by atoms with Crippen LogP contribution in [0.2, 0.25) is 0 Å². The number of ether oxygens (including phenoxy) is 2. The largest absolute Gasteiger partial charge is 0.465 e. The minimum atomic E-state index is -0.707. The summed E-state index contributed by atoms with van der Waals surface area (Å²) in [6.45, 7) is 9.97. The Morgan fingerprint density at radius 1 is 0.708 bits per heavy atom. The summed E-state index contributed by atoms with van der Waals surface area (Å²) in [6, 6.07) is 0. The molecule has 0 N–H and O–H groups in total. The van der Waals surface area contributed by atoms with Crippen LogP contribution < -0.4 is 0 Å². The Morgan fingerprint density at radius 2 is 0.958 bits per heavy atom. The fourth-order valence-corrected chi connectivity index (χ4v) is 3.02. The van der Waals surface area contributed by atoms with Gasteiger partial charge in [0, 0.05) is 26.2 Å². The third-order valence-corrected chi connectivity index (χ3v) is 4.48. The van der Waals surface area contributed by atoms with Crippen LogP contribution in [0.15, 0.2) is 11.1 Å². The van der Waals surface area contributed by atoms with Gasteiger partial charge in [-0.3, -0.25) is 0 Å². The number of hydrogen-bond donors (Lipinski definition) is 0. The minimum absolute atomic E-state index is 0.0278. The number of nitrogens with zero attached hydrogens (tertiary/aromatic N) is 2. The van der Waals surface area contributed by atoms with E-state index in [1.54, 1.807) is 9.80 Å². The molecule has 0 aliphatic carbocycles. The summed E-state index contributed by atoms with van der Waals surface area (Å²) in [5.41, 5.74) is -0.0556. The SMILES string of the molecule is CCN(CC)C(=S)/C(C(=O)OC)=C(\C(=O)OC)C(=S)N(CC)CC. The molecule has 0 fully saturated rings. The molecule has 0 amide bonds. The van der Waals surface area contributed by atoms with Crippen LogP contribution in [0.25, 0.3) is 0 Å². The number of likely N-dealkylation sites (N-methyl/N-ethyl adjacent to an activating group) is 2. The molecule has 0 aromatic carbocycles. The lowest BCUT2D eigenvalue weighted by atomic mass is 10.1. The lowest BCUT2D eigenvalue weighted by molar-refractivity contribution is -0.138. The summed E-state index contributed by atoms with van der Waals surface area (Å²) in [5.74, 6) is -1.41. The van der Waals surface area contributed by atoms with Crippen molar-refractivity contribution in [3.05, 3.63) is 11.1 Å². The lowest BCUT2D eigenvalue weighted by Crippen LogP contribution is -2.39. The molecule has 0 rings (SSSR count). The van der Waals surface area contributed by atoms with E-state index < -0.39 is 11.9 Å². The number of carbonyl (C=O) groups is 2. The highest BCUT2D eigenvalue weighted by Gasteiger charge is 2.32. The van der Waals surface area contributed by atoms with E-state index >= 15 is 0 Å². The van der Waals surface area contributed by atoms with Gasteiger partial charge in [0.1, 0.15) is 21.1 Å². The summed E-state index contributed by atoms with van der Waals surface area (Å²) >= 11 is 10.9. The van der Waals surface area contributed by atoms with Crippen molar-refractivity contribution >= 4 is 46.4 Å². The van der Waals surface area contributed by atoms with Gasteiger partial charge in [-0.25, -0.2) is 9.59 Å². The standard InChI is InChI=1S/C16H26N2O4S2/c1-7-17(8-2)13(23)11(15(19)21-5)12(16(20)22-6)14(24)18(9-3)10-4/h7-10H2,1-6H3/b12-11+. The normalized spacial score (nSPS) is 11.2. The van der Waals surface area contributed by atoms with E-state index in [0.29, 0.717) is 26.2 Å². The van der Waals surface area contributed by atoms with Crippen molar-refractivity contribution in [3.8, 4) is 0 Å². The van der Waals surface area contributed by atoms with E-state index in [0.717, 1.165) is 0 Å². The van der Waals surface area contributed by atoms with Crippen LogP contribution in [0.5, 0.6) is 0 Å². The third kappa shape index (κ3) is 5.24. The van der Waals surface area contributed by atoms with Crippen molar-refractivity contribution < 1.29 is 19.1 Å². The quantitative estimate of drug-likeness (QED) is 0.363. The lowest BCUT2D eigenvalue weighted by Gasteiger charge is -2.27. The van der Waals surface area contributed by atoms with Gasteiger partial charge in [0.05, 0.1) is 14.2 Å². The Kier molecular flexibility index (Phi) is 10.4. The van der Waals surface area contributed by atoms with Crippen molar-refractivity contribution in [1.82, 2.24) is 9.80 Å². The van der Waals surface area contributed by atoms with Gasteiger partial charge in [0.25, 0.3) is 0 Å². The maximum absolute atomic E-state index is 12.4. The fraction of sp³-hybridized carbons (Fsp3) is 0.625. The second-order valence-corrected chi connectivity index (χ2v) is 5.46. The zero-order chi connectivity index (χ0) is 18.9. The molecule has 6 nitrogen and oxygen atoms in total. The Labute approximate surface area is 154 Å². The molecule has 0 unspecified atom stereocenters. The molecule has 0 spiro atoms. The summed E-state index contributed by atoms with van der Waals surface area (Å²) in [6.07, 6.45) is 0. The van der Waals surface area contributed by atoms with E-state index in [9.17, 15) is 9.59 Å². The van der Waals surface area contributed by atoms with Crippen LogP contribution in [0.1, 0.15) is 27.7 Å². The van der Waals surface area contributed by atoms with Gasteiger partial charge in [0.15, 0.2) is 0 Å². The average molecular weight is 375 g/mol. The van der Waals surface area contributed by atoms with E-state index in [4.69, 9.17) is 33.9 Å². The Morgan fingerprint density at radius 3 is 1.12 bits per heavy atom. The van der Waals surface area contributed by atoms with Gasteiger partial charge in [-0.2, -0.15) is 0 Å². The zero-order valence-electron chi connectivity index (χ0n) is 15.2. The van der Waals surface area contributed by atoms with Crippen molar-refractivity contribution in [1.29, 1.82) is 0 Å². The van der Waals surface area contributed by atoms with E-state index in [1.807, 2.05) is 27.7 Å². The van der Waals surface area contributed by atoms with Crippen molar-refractivity contribution in [2.45, 2.75) is 27.7 Å². The maximum atomic E-state index is 12.4. The molecule has 136 valence electrons. The Hall–Kier alpha value is -1.54. The molecular formula is C16H26N2O4S2. The minimum Gasteiger partial charge on any atom is -0.465 e. The third-order valence-electron chi connectivity index (χ3n) is 3.56. The molecule has 0 saturated carbocycles. The number of hydrogen-bond acceptors (Lipinski definition) is 6. The molecule has 0 saturated heterocycles. The first-order valence-electron chi connectivity index (χ1n) is 7.83.